The smallest absolute Gasteiger partial charge is 0.238 e. The minimum atomic E-state index is 0.0417. The third kappa shape index (κ3) is 2.32. The van der Waals surface area contributed by atoms with Crippen LogP contribution in [0.5, 0.6) is 0 Å². The standard InChI is InChI=1S/C10H16N4OS/c1-14-9(7(11)6-12-14)13-10(15)8-4-2-3-5-16-8/h6,8H,2-5,11H2,1H3,(H,13,15). The Hall–Kier alpha value is -1.17. The SMILES string of the molecule is Cn1ncc(N)c1NC(=O)C1CCCCS1. The molecule has 1 aromatic rings. The summed E-state index contributed by atoms with van der Waals surface area (Å²) < 4.78 is 1.58. The molecule has 0 spiro atoms. The fourth-order valence-corrected chi connectivity index (χ4v) is 2.95. The molecule has 0 aliphatic carbocycles. The number of amides is 1. The number of carbonyl (C=O) groups is 1. The Morgan fingerprint density at radius 3 is 3.06 bits per heavy atom. The van der Waals surface area contributed by atoms with Crippen LogP contribution in [0.3, 0.4) is 0 Å². The maximum Gasteiger partial charge on any atom is 0.238 e. The number of nitrogens with two attached hydrogens (primary N) is 1. The Bertz CT molecular complexity index is 365. The first-order valence-electron chi connectivity index (χ1n) is 5.38. The van der Waals surface area contributed by atoms with Crippen LogP contribution in [-0.2, 0) is 11.8 Å². The molecule has 1 fully saturated rings. The summed E-state index contributed by atoms with van der Waals surface area (Å²) in [6, 6.07) is 0. The quantitative estimate of drug-likeness (QED) is 0.815. The Kier molecular flexibility index (Phi) is 3.38. The Labute approximate surface area is 98.8 Å². The highest BCUT2D eigenvalue weighted by Crippen LogP contribution is 2.26. The first kappa shape index (κ1) is 11.3. The van der Waals surface area contributed by atoms with Crippen LogP contribution >= 0.6 is 11.8 Å². The maximum absolute atomic E-state index is 11.9. The highest BCUT2D eigenvalue weighted by Gasteiger charge is 2.23. The number of hydrogen-bond donors (Lipinski definition) is 2. The molecule has 16 heavy (non-hydrogen) atoms. The Balaban J connectivity index is 2.01. The molecule has 0 radical (unpaired) electrons. The molecule has 3 N–H and O–H groups in total. The monoisotopic (exact) mass is 240 g/mol. The second kappa shape index (κ2) is 4.78. The summed E-state index contributed by atoms with van der Waals surface area (Å²) in [6.07, 6.45) is 4.84. The molecule has 0 saturated carbocycles. The first-order valence-corrected chi connectivity index (χ1v) is 6.43. The molecule has 1 atom stereocenters. The van der Waals surface area contributed by atoms with E-state index in [1.165, 1.54) is 6.42 Å². The van der Waals surface area contributed by atoms with Gasteiger partial charge in [-0.3, -0.25) is 9.48 Å². The van der Waals surface area contributed by atoms with E-state index < -0.39 is 0 Å². The normalized spacial score (nSPS) is 20.7. The van der Waals surface area contributed by atoms with Crippen LogP contribution in [-0.4, -0.2) is 26.7 Å². The Morgan fingerprint density at radius 2 is 2.50 bits per heavy atom. The minimum absolute atomic E-state index is 0.0417. The lowest BCUT2D eigenvalue weighted by molar-refractivity contribution is -0.115. The lowest BCUT2D eigenvalue weighted by Gasteiger charge is -2.20. The van der Waals surface area contributed by atoms with Gasteiger partial charge in [0.05, 0.1) is 17.1 Å². The summed E-state index contributed by atoms with van der Waals surface area (Å²) in [5.74, 6) is 1.70. The van der Waals surface area contributed by atoms with Crippen LogP contribution in [0.2, 0.25) is 0 Å². The van der Waals surface area contributed by atoms with Crippen molar-refractivity contribution < 1.29 is 4.79 Å². The largest absolute Gasteiger partial charge is 0.394 e. The zero-order valence-corrected chi connectivity index (χ0v) is 10.1. The number of rotatable bonds is 2. The van der Waals surface area contributed by atoms with Crippen LogP contribution in [0, 0.1) is 0 Å². The van der Waals surface area contributed by atoms with E-state index in [9.17, 15) is 4.79 Å². The molecule has 1 aliphatic heterocycles. The van der Waals surface area contributed by atoms with Gasteiger partial charge in [0.25, 0.3) is 0 Å². The second-order valence-electron chi connectivity index (χ2n) is 3.92. The van der Waals surface area contributed by atoms with E-state index in [0.29, 0.717) is 11.5 Å². The maximum atomic E-state index is 11.9. The molecule has 1 amide bonds. The van der Waals surface area contributed by atoms with Gasteiger partial charge in [0, 0.05) is 7.05 Å². The summed E-state index contributed by atoms with van der Waals surface area (Å²) in [7, 11) is 1.76. The molecule has 5 nitrogen and oxygen atoms in total. The van der Waals surface area contributed by atoms with E-state index in [4.69, 9.17) is 5.73 Å². The van der Waals surface area contributed by atoms with Gasteiger partial charge in [0.1, 0.15) is 0 Å². The van der Waals surface area contributed by atoms with Gasteiger partial charge in [0.2, 0.25) is 5.91 Å². The van der Waals surface area contributed by atoms with Crippen LogP contribution < -0.4 is 11.1 Å². The van der Waals surface area contributed by atoms with Crippen LogP contribution in [0.25, 0.3) is 0 Å². The zero-order chi connectivity index (χ0) is 11.5. The van der Waals surface area contributed by atoms with Crippen LogP contribution in [0.15, 0.2) is 6.20 Å². The zero-order valence-electron chi connectivity index (χ0n) is 9.27. The molecule has 0 bridgehead atoms. The van der Waals surface area contributed by atoms with Crippen LogP contribution in [0.1, 0.15) is 19.3 Å². The van der Waals surface area contributed by atoms with Crippen molar-refractivity contribution in [1.82, 2.24) is 9.78 Å². The van der Waals surface area contributed by atoms with Gasteiger partial charge in [-0.2, -0.15) is 5.10 Å². The van der Waals surface area contributed by atoms with E-state index in [-0.39, 0.29) is 11.2 Å². The molecule has 88 valence electrons. The van der Waals surface area contributed by atoms with Gasteiger partial charge in [-0.25, -0.2) is 0 Å². The lowest BCUT2D eigenvalue weighted by atomic mass is 10.2. The molecule has 1 unspecified atom stereocenters. The lowest BCUT2D eigenvalue weighted by Crippen LogP contribution is -2.28. The number of nitrogen functional groups attached to an aromatic ring is 1. The van der Waals surface area contributed by atoms with Gasteiger partial charge in [-0.15, -0.1) is 11.8 Å². The van der Waals surface area contributed by atoms with E-state index >= 15 is 0 Å². The molecule has 0 aromatic carbocycles. The van der Waals surface area contributed by atoms with Crippen LogP contribution in [0.4, 0.5) is 11.5 Å². The van der Waals surface area contributed by atoms with Gasteiger partial charge < -0.3 is 11.1 Å². The van der Waals surface area contributed by atoms with E-state index in [2.05, 4.69) is 10.4 Å². The van der Waals surface area contributed by atoms with Crippen molar-refractivity contribution in [1.29, 1.82) is 0 Å². The molecular weight excluding hydrogens is 224 g/mol. The number of thioether (sulfide) groups is 1. The van der Waals surface area contributed by atoms with Gasteiger partial charge in [0.15, 0.2) is 5.82 Å². The summed E-state index contributed by atoms with van der Waals surface area (Å²) in [6.45, 7) is 0. The number of nitrogens with zero attached hydrogens (tertiary/aromatic N) is 2. The molecule has 1 saturated heterocycles. The molecule has 1 aliphatic rings. The number of nitrogens with one attached hydrogen (secondary N) is 1. The summed E-state index contributed by atoms with van der Waals surface area (Å²) in [5, 5.41) is 6.89. The van der Waals surface area contributed by atoms with E-state index in [1.807, 2.05) is 0 Å². The molecule has 2 heterocycles. The number of aromatic nitrogens is 2. The number of aryl methyl sites for hydroxylation is 1. The fraction of sp³-hybridized carbons (Fsp3) is 0.600. The highest BCUT2D eigenvalue weighted by atomic mass is 32.2. The third-order valence-corrected chi connectivity index (χ3v) is 4.06. The summed E-state index contributed by atoms with van der Waals surface area (Å²) in [4.78, 5) is 11.9. The van der Waals surface area contributed by atoms with E-state index in [1.54, 1.807) is 29.7 Å². The van der Waals surface area contributed by atoms with Crippen molar-refractivity contribution in [3.05, 3.63) is 6.20 Å². The van der Waals surface area contributed by atoms with Gasteiger partial charge >= 0.3 is 0 Å². The number of anilines is 2. The van der Waals surface area contributed by atoms with Crippen molar-refractivity contribution in [3.8, 4) is 0 Å². The Morgan fingerprint density at radius 1 is 1.69 bits per heavy atom. The average Bonchev–Trinajstić information content (AvgIpc) is 2.62. The van der Waals surface area contributed by atoms with E-state index in [0.717, 1.165) is 18.6 Å². The first-order chi connectivity index (χ1) is 7.68. The second-order valence-corrected chi connectivity index (χ2v) is 5.23. The predicted octanol–water partition coefficient (Wildman–Crippen LogP) is 1.23. The summed E-state index contributed by atoms with van der Waals surface area (Å²) in [5.41, 5.74) is 6.23. The number of carbonyl (C=O) groups excluding carboxylic acids is 1. The minimum Gasteiger partial charge on any atom is -0.394 e. The average molecular weight is 240 g/mol. The topological polar surface area (TPSA) is 72.9 Å². The molecule has 1 aromatic heterocycles. The van der Waals surface area contributed by atoms with Crippen molar-refractivity contribution >= 4 is 29.2 Å². The van der Waals surface area contributed by atoms with Crippen molar-refractivity contribution in [3.63, 3.8) is 0 Å². The molecule has 6 heteroatoms. The van der Waals surface area contributed by atoms with Gasteiger partial charge in [-0.05, 0) is 18.6 Å². The third-order valence-electron chi connectivity index (χ3n) is 2.68. The summed E-state index contributed by atoms with van der Waals surface area (Å²) >= 11 is 1.72. The van der Waals surface area contributed by atoms with Crippen molar-refractivity contribution in [2.24, 2.45) is 7.05 Å². The van der Waals surface area contributed by atoms with Crippen molar-refractivity contribution in [2.45, 2.75) is 24.5 Å². The van der Waals surface area contributed by atoms with Gasteiger partial charge in [-0.1, -0.05) is 6.42 Å². The molecular formula is C10H16N4OS. The predicted molar refractivity (Wildman–Crippen MR) is 66.3 cm³/mol. The number of hydrogen-bond acceptors (Lipinski definition) is 4. The van der Waals surface area contributed by atoms with Crippen molar-refractivity contribution in [2.75, 3.05) is 16.8 Å². The highest BCUT2D eigenvalue weighted by molar-refractivity contribution is 8.00. The molecule has 2 rings (SSSR count). The fourth-order valence-electron chi connectivity index (χ4n) is 1.75.